The third-order valence-electron chi connectivity index (χ3n) is 4.86. The second-order valence-electron chi connectivity index (χ2n) is 7.19. The summed E-state index contributed by atoms with van der Waals surface area (Å²) in [6.07, 6.45) is 2.76. The van der Waals surface area contributed by atoms with Crippen LogP contribution in [0.4, 0.5) is 0 Å². The summed E-state index contributed by atoms with van der Waals surface area (Å²) in [5, 5.41) is 10.3. The van der Waals surface area contributed by atoms with Crippen molar-refractivity contribution in [2.24, 2.45) is 17.3 Å². The number of aliphatic hydroxyl groups excluding tert-OH is 1. The van der Waals surface area contributed by atoms with Gasteiger partial charge in [-0.25, -0.2) is 0 Å². The summed E-state index contributed by atoms with van der Waals surface area (Å²) in [6, 6.07) is 0. The van der Waals surface area contributed by atoms with E-state index >= 15 is 0 Å². The standard InChI is InChI=1S/C14H24O3/c1-8-7-10-12(13(2,3)4)17-14(16-10)9(8)5-6-11(14)15/h8-12,15H,5-7H2,1-4H3. The average molecular weight is 240 g/mol. The minimum atomic E-state index is -0.680. The van der Waals surface area contributed by atoms with E-state index in [1.54, 1.807) is 0 Å². The Morgan fingerprint density at radius 2 is 1.88 bits per heavy atom. The van der Waals surface area contributed by atoms with E-state index in [9.17, 15) is 5.11 Å². The molecule has 2 heterocycles. The normalized spacial score (nSPS) is 53.8. The van der Waals surface area contributed by atoms with Crippen LogP contribution in [0.3, 0.4) is 0 Å². The van der Waals surface area contributed by atoms with Crippen LogP contribution in [0.15, 0.2) is 0 Å². The molecule has 1 N–H and O–H groups in total. The predicted molar refractivity (Wildman–Crippen MR) is 64.4 cm³/mol. The topological polar surface area (TPSA) is 38.7 Å². The number of aliphatic hydroxyl groups is 1. The van der Waals surface area contributed by atoms with Crippen molar-refractivity contribution in [3.63, 3.8) is 0 Å². The molecular weight excluding hydrogens is 216 g/mol. The largest absolute Gasteiger partial charge is 0.387 e. The minimum absolute atomic E-state index is 0.0745. The highest BCUT2D eigenvalue weighted by molar-refractivity contribution is 5.07. The van der Waals surface area contributed by atoms with Gasteiger partial charge in [0.1, 0.15) is 6.10 Å². The van der Waals surface area contributed by atoms with Crippen LogP contribution in [0.5, 0.6) is 0 Å². The molecule has 0 aromatic heterocycles. The number of rotatable bonds is 0. The Morgan fingerprint density at radius 1 is 1.18 bits per heavy atom. The van der Waals surface area contributed by atoms with Crippen LogP contribution in [0.1, 0.15) is 47.0 Å². The lowest BCUT2D eigenvalue weighted by atomic mass is 9.79. The molecule has 0 amide bonds. The van der Waals surface area contributed by atoms with E-state index < -0.39 is 11.9 Å². The van der Waals surface area contributed by atoms with E-state index in [2.05, 4.69) is 27.7 Å². The molecule has 3 rings (SSSR count). The summed E-state index contributed by atoms with van der Waals surface area (Å²) >= 11 is 0. The first-order valence-electron chi connectivity index (χ1n) is 6.88. The van der Waals surface area contributed by atoms with Crippen LogP contribution in [0, 0.1) is 17.3 Å². The van der Waals surface area contributed by atoms with Crippen LogP contribution < -0.4 is 0 Å². The molecular formula is C14H24O3. The number of hydrogen-bond acceptors (Lipinski definition) is 3. The van der Waals surface area contributed by atoms with Crippen LogP contribution in [0.25, 0.3) is 0 Å². The summed E-state index contributed by atoms with van der Waals surface area (Å²) in [5.74, 6) is 0.291. The monoisotopic (exact) mass is 240 g/mol. The zero-order valence-corrected chi connectivity index (χ0v) is 11.3. The smallest absolute Gasteiger partial charge is 0.198 e. The first kappa shape index (κ1) is 11.9. The molecule has 17 heavy (non-hydrogen) atoms. The van der Waals surface area contributed by atoms with Crippen LogP contribution in [0.2, 0.25) is 0 Å². The van der Waals surface area contributed by atoms with Crippen molar-refractivity contribution in [3.05, 3.63) is 0 Å². The van der Waals surface area contributed by atoms with Gasteiger partial charge in [0.15, 0.2) is 5.79 Å². The van der Waals surface area contributed by atoms with Crippen molar-refractivity contribution in [1.29, 1.82) is 0 Å². The molecule has 6 atom stereocenters. The van der Waals surface area contributed by atoms with Gasteiger partial charge < -0.3 is 14.6 Å². The molecule has 98 valence electrons. The van der Waals surface area contributed by atoms with Crippen LogP contribution >= 0.6 is 0 Å². The molecule has 0 radical (unpaired) electrons. The molecule has 2 bridgehead atoms. The van der Waals surface area contributed by atoms with Gasteiger partial charge in [-0.2, -0.15) is 0 Å². The average Bonchev–Trinajstić information content (AvgIpc) is 2.69. The Balaban J connectivity index is 1.95. The number of ether oxygens (including phenoxy) is 2. The molecule has 6 unspecified atom stereocenters. The molecule has 2 aliphatic heterocycles. The van der Waals surface area contributed by atoms with E-state index in [1.165, 1.54) is 0 Å². The summed E-state index contributed by atoms with van der Waals surface area (Å²) in [5.41, 5.74) is 0.0745. The third-order valence-corrected chi connectivity index (χ3v) is 4.86. The Labute approximate surface area is 103 Å². The number of fused-ring (bicyclic) bond motifs is 1. The quantitative estimate of drug-likeness (QED) is 0.706. The molecule has 2 saturated heterocycles. The summed E-state index contributed by atoms with van der Waals surface area (Å²) in [6.45, 7) is 8.86. The highest BCUT2D eigenvalue weighted by Gasteiger charge is 2.65. The van der Waals surface area contributed by atoms with Gasteiger partial charge in [0.2, 0.25) is 0 Å². The molecule has 0 aromatic rings. The maximum atomic E-state index is 10.3. The second kappa shape index (κ2) is 3.46. The van der Waals surface area contributed by atoms with Gasteiger partial charge in [0.25, 0.3) is 0 Å². The van der Waals surface area contributed by atoms with Gasteiger partial charge in [-0.1, -0.05) is 27.7 Å². The van der Waals surface area contributed by atoms with E-state index in [4.69, 9.17) is 9.47 Å². The lowest BCUT2D eigenvalue weighted by Crippen LogP contribution is -2.49. The molecule has 3 fully saturated rings. The maximum Gasteiger partial charge on any atom is 0.198 e. The van der Waals surface area contributed by atoms with E-state index in [0.29, 0.717) is 11.8 Å². The van der Waals surface area contributed by atoms with Crippen molar-refractivity contribution in [3.8, 4) is 0 Å². The zero-order chi connectivity index (χ0) is 12.4. The van der Waals surface area contributed by atoms with Gasteiger partial charge >= 0.3 is 0 Å². The van der Waals surface area contributed by atoms with Crippen molar-refractivity contribution in [2.45, 2.75) is 71.1 Å². The number of hydrogen-bond donors (Lipinski definition) is 1. The van der Waals surface area contributed by atoms with Gasteiger partial charge in [0.05, 0.1) is 12.2 Å². The maximum absolute atomic E-state index is 10.3. The summed E-state index contributed by atoms with van der Waals surface area (Å²) in [4.78, 5) is 0. The molecule has 3 nitrogen and oxygen atoms in total. The van der Waals surface area contributed by atoms with Crippen molar-refractivity contribution in [2.75, 3.05) is 0 Å². The zero-order valence-electron chi connectivity index (χ0n) is 11.3. The van der Waals surface area contributed by atoms with Crippen molar-refractivity contribution >= 4 is 0 Å². The van der Waals surface area contributed by atoms with Gasteiger partial charge in [0, 0.05) is 5.92 Å². The fraction of sp³-hybridized carbons (Fsp3) is 1.00. The van der Waals surface area contributed by atoms with Gasteiger partial charge in [-0.3, -0.25) is 0 Å². The van der Waals surface area contributed by atoms with Crippen LogP contribution in [-0.4, -0.2) is 29.2 Å². The molecule has 1 saturated carbocycles. The van der Waals surface area contributed by atoms with E-state index in [1.807, 2.05) is 0 Å². The fourth-order valence-electron chi connectivity index (χ4n) is 4.04. The Kier molecular flexibility index (Phi) is 2.43. The van der Waals surface area contributed by atoms with Gasteiger partial charge in [-0.05, 0) is 30.6 Å². The fourth-order valence-corrected chi connectivity index (χ4v) is 4.04. The molecule has 1 spiro atoms. The Morgan fingerprint density at radius 3 is 2.53 bits per heavy atom. The SMILES string of the molecule is CC1CC2OC3(OC2C(C)(C)C)C(O)CCC13. The first-order valence-corrected chi connectivity index (χ1v) is 6.88. The van der Waals surface area contributed by atoms with Gasteiger partial charge in [-0.15, -0.1) is 0 Å². The van der Waals surface area contributed by atoms with Crippen LogP contribution in [-0.2, 0) is 9.47 Å². The molecule has 3 heteroatoms. The Hall–Kier alpha value is -0.120. The summed E-state index contributed by atoms with van der Waals surface area (Å²) in [7, 11) is 0. The lowest BCUT2D eigenvalue weighted by Gasteiger charge is -2.39. The van der Waals surface area contributed by atoms with Crippen molar-refractivity contribution < 1.29 is 14.6 Å². The second-order valence-corrected chi connectivity index (χ2v) is 7.19. The van der Waals surface area contributed by atoms with E-state index in [-0.39, 0.29) is 17.6 Å². The van der Waals surface area contributed by atoms with E-state index in [0.717, 1.165) is 19.3 Å². The molecule has 1 aliphatic carbocycles. The highest BCUT2D eigenvalue weighted by atomic mass is 16.8. The minimum Gasteiger partial charge on any atom is -0.387 e. The Bertz CT molecular complexity index is 322. The summed E-state index contributed by atoms with van der Waals surface area (Å²) < 4.78 is 12.4. The first-order chi connectivity index (χ1) is 7.84. The third kappa shape index (κ3) is 1.52. The molecule has 3 aliphatic rings. The predicted octanol–water partition coefficient (Wildman–Crippen LogP) is 2.32. The lowest BCUT2D eigenvalue weighted by molar-refractivity contribution is -0.267. The highest BCUT2D eigenvalue weighted by Crippen LogP contribution is 2.56. The molecule has 0 aromatic carbocycles. The van der Waals surface area contributed by atoms with Crippen molar-refractivity contribution in [1.82, 2.24) is 0 Å².